The number of allylic oxidation sites excluding steroid dienone is 1. The minimum atomic E-state index is -1.27. The van der Waals surface area contributed by atoms with Gasteiger partial charge < -0.3 is 19.1 Å². The van der Waals surface area contributed by atoms with E-state index in [2.05, 4.69) is 0 Å². The second-order valence-corrected chi connectivity index (χ2v) is 10.6. The van der Waals surface area contributed by atoms with E-state index in [-0.39, 0.29) is 11.9 Å². The van der Waals surface area contributed by atoms with E-state index in [4.69, 9.17) is 14.2 Å². The van der Waals surface area contributed by atoms with Crippen molar-refractivity contribution in [1.82, 2.24) is 4.90 Å². The summed E-state index contributed by atoms with van der Waals surface area (Å²) in [5, 5.41) is 0. The lowest BCUT2D eigenvalue weighted by Gasteiger charge is -2.61. The van der Waals surface area contributed by atoms with Gasteiger partial charge in [0.05, 0.1) is 36.8 Å². The third kappa shape index (κ3) is 2.72. The van der Waals surface area contributed by atoms with Crippen LogP contribution in [0.1, 0.15) is 46.1 Å². The normalized spacial score (nSPS) is 34.9. The summed E-state index contributed by atoms with van der Waals surface area (Å²) in [6.45, 7) is 8.12. The largest absolute Gasteiger partial charge is 0.469 e. The molecule has 1 saturated carbocycles. The summed E-state index contributed by atoms with van der Waals surface area (Å²) in [4.78, 5) is 43.0. The van der Waals surface area contributed by atoms with Gasteiger partial charge in [-0.1, -0.05) is 29.8 Å². The molecule has 2 amide bonds. The van der Waals surface area contributed by atoms with Gasteiger partial charge in [0.2, 0.25) is 6.41 Å². The maximum Gasteiger partial charge on any atom is 0.417 e. The number of hydrogen-bond donors (Lipinski definition) is 0. The molecule has 182 valence electrons. The molecule has 5 atom stereocenters. The predicted molar refractivity (Wildman–Crippen MR) is 124 cm³/mol. The number of piperidine rings is 1. The molecule has 5 rings (SSSR count). The third-order valence-corrected chi connectivity index (χ3v) is 8.06. The van der Waals surface area contributed by atoms with E-state index in [1.54, 1.807) is 9.80 Å². The van der Waals surface area contributed by atoms with Gasteiger partial charge >= 0.3 is 12.1 Å². The maximum absolute atomic E-state index is 13.8. The van der Waals surface area contributed by atoms with Crippen molar-refractivity contribution >= 4 is 24.2 Å². The number of carbonyl (C=O) groups excluding carboxylic acids is 3. The predicted octanol–water partition coefficient (Wildman–Crippen LogP) is 3.39. The number of amides is 2. The summed E-state index contributed by atoms with van der Waals surface area (Å²) in [7, 11) is 1.41. The highest BCUT2D eigenvalue weighted by Crippen LogP contribution is 2.69. The molecule has 1 aromatic rings. The minimum absolute atomic E-state index is 0.125. The quantitative estimate of drug-likeness (QED) is 0.376. The summed E-state index contributed by atoms with van der Waals surface area (Å²) in [6.07, 6.45) is 3.31. The van der Waals surface area contributed by atoms with E-state index in [1.807, 2.05) is 58.0 Å². The van der Waals surface area contributed by atoms with Gasteiger partial charge in [0.1, 0.15) is 5.60 Å². The lowest BCUT2D eigenvalue weighted by Crippen LogP contribution is -2.76. The lowest BCUT2D eigenvalue weighted by atomic mass is 9.51. The Morgan fingerprint density at radius 2 is 1.97 bits per heavy atom. The van der Waals surface area contributed by atoms with Crippen LogP contribution < -0.4 is 4.90 Å². The zero-order chi connectivity index (χ0) is 24.5. The van der Waals surface area contributed by atoms with E-state index >= 15 is 0 Å². The van der Waals surface area contributed by atoms with Crippen LogP contribution in [0.5, 0.6) is 0 Å². The standard InChI is InChI=1S/C26H32N2O6/c1-6-16-14-27(15-29)20-13-17(16)21(22(30)32-5)25-11-12-33-26(20,25)28(23(31)34-24(2,3)4)19-10-8-7-9-18(19)25/h6-10,15,17,20-21H,11-14H2,1-5H3/b16-6-/t17-,20-,21-,25-,26-/m0/s1. The summed E-state index contributed by atoms with van der Waals surface area (Å²) in [5.41, 5.74) is -0.328. The van der Waals surface area contributed by atoms with Crippen LogP contribution in [0.3, 0.4) is 0 Å². The Balaban J connectivity index is 1.82. The number of fused-ring (bicyclic) bond motifs is 3. The maximum atomic E-state index is 13.8. The topological polar surface area (TPSA) is 85.4 Å². The Bertz CT molecular complexity index is 1080. The number of carbonyl (C=O) groups is 3. The van der Waals surface area contributed by atoms with Crippen LogP contribution in [0.4, 0.5) is 10.5 Å². The van der Waals surface area contributed by atoms with Gasteiger partial charge in [-0.25, -0.2) is 9.69 Å². The van der Waals surface area contributed by atoms with Crippen LogP contribution in [0, 0.1) is 11.8 Å². The highest BCUT2D eigenvalue weighted by molar-refractivity contribution is 5.96. The van der Waals surface area contributed by atoms with Crippen molar-refractivity contribution in [3.05, 3.63) is 41.5 Å². The van der Waals surface area contributed by atoms with Gasteiger partial charge in [-0.2, -0.15) is 0 Å². The van der Waals surface area contributed by atoms with Crippen molar-refractivity contribution in [3.8, 4) is 0 Å². The Morgan fingerprint density at radius 3 is 2.62 bits per heavy atom. The average molecular weight is 469 g/mol. The van der Waals surface area contributed by atoms with Gasteiger partial charge in [0.25, 0.3) is 0 Å². The molecular weight excluding hydrogens is 436 g/mol. The van der Waals surface area contributed by atoms with E-state index in [1.165, 1.54) is 7.11 Å². The molecule has 8 nitrogen and oxygen atoms in total. The second-order valence-electron chi connectivity index (χ2n) is 10.6. The first-order valence-electron chi connectivity index (χ1n) is 11.9. The molecule has 0 spiro atoms. The Labute approximate surface area is 199 Å². The third-order valence-electron chi connectivity index (χ3n) is 8.06. The fraction of sp³-hybridized carbons (Fsp3) is 0.577. The fourth-order valence-corrected chi connectivity index (χ4v) is 7.07. The molecule has 3 aliphatic heterocycles. The molecule has 3 fully saturated rings. The molecule has 3 heterocycles. The van der Waals surface area contributed by atoms with Crippen molar-refractivity contribution in [2.24, 2.45) is 11.8 Å². The van der Waals surface area contributed by atoms with Crippen LogP contribution >= 0.6 is 0 Å². The number of likely N-dealkylation sites (tertiary alicyclic amines) is 1. The molecule has 4 aliphatic rings. The van der Waals surface area contributed by atoms with Crippen LogP contribution in [-0.2, 0) is 29.2 Å². The number of benzene rings is 1. The van der Waals surface area contributed by atoms with E-state index < -0.39 is 34.8 Å². The molecule has 0 radical (unpaired) electrons. The molecule has 2 bridgehead atoms. The van der Waals surface area contributed by atoms with Crippen molar-refractivity contribution in [3.63, 3.8) is 0 Å². The Hall–Kier alpha value is -2.87. The first-order chi connectivity index (χ1) is 16.2. The van der Waals surface area contributed by atoms with Crippen LogP contribution in [0.15, 0.2) is 35.9 Å². The molecule has 8 heteroatoms. The highest BCUT2D eigenvalue weighted by Gasteiger charge is 2.79. The van der Waals surface area contributed by atoms with Crippen molar-refractivity contribution in [2.45, 2.75) is 63.3 Å². The fourth-order valence-electron chi connectivity index (χ4n) is 7.07. The van der Waals surface area contributed by atoms with Gasteiger partial charge in [-0.3, -0.25) is 9.59 Å². The van der Waals surface area contributed by atoms with Crippen LogP contribution in [0.2, 0.25) is 0 Å². The molecule has 0 unspecified atom stereocenters. The molecular formula is C26H32N2O6. The van der Waals surface area contributed by atoms with Gasteiger partial charge in [-0.05, 0) is 58.1 Å². The molecule has 0 N–H and O–H groups in total. The number of nitrogens with zero attached hydrogens (tertiary/aromatic N) is 2. The Kier molecular flexibility index (Phi) is 5.10. The first-order valence-corrected chi connectivity index (χ1v) is 11.9. The second kappa shape index (κ2) is 7.57. The number of anilines is 1. The summed E-state index contributed by atoms with van der Waals surface area (Å²) in [5.74, 6) is -1.01. The zero-order valence-electron chi connectivity index (χ0n) is 20.4. The van der Waals surface area contributed by atoms with Gasteiger partial charge in [0.15, 0.2) is 5.72 Å². The summed E-state index contributed by atoms with van der Waals surface area (Å²) < 4.78 is 17.9. The molecule has 34 heavy (non-hydrogen) atoms. The van der Waals surface area contributed by atoms with E-state index in [0.29, 0.717) is 31.7 Å². The van der Waals surface area contributed by atoms with Crippen molar-refractivity contribution < 1.29 is 28.6 Å². The zero-order valence-corrected chi connectivity index (χ0v) is 20.4. The number of para-hydroxylation sites is 1. The van der Waals surface area contributed by atoms with E-state index in [0.717, 1.165) is 17.5 Å². The van der Waals surface area contributed by atoms with Crippen LogP contribution in [-0.4, -0.2) is 61.0 Å². The molecule has 0 aromatic heterocycles. The SMILES string of the molecule is C/C=C1/CN(C=O)[C@H]2C[C@@H]1[C@@H](C(=O)OC)[C@@]13CCO[C@@]21N(C(=O)OC(C)(C)C)c1ccccc13. The van der Waals surface area contributed by atoms with Crippen LogP contribution in [0.25, 0.3) is 0 Å². The summed E-state index contributed by atoms with van der Waals surface area (Å²) >= 11 is 0. The van der Waals surface area contributed by atoms with Gasteiger partial charge in [0, 0.05) is 6.54 Å². The molecule has 1 aliphatic carbocycles. The van der Waals surface area contributed by atoms with E-state index in [9.17, 15) is 14.4 Å². The molecule has 2 saturated heterocycles. The molecule has 1 aromatic carbocycles. The van der Waals surface area contributed by atoms with Gasteiger partial charge in [-0.15, -0.1) is 0 Å². The number of ether oxygens (including phenoxy) is 3. The lowest BCUT2D eigenvalue weighted by molar-refractivity contribution is -0.177. The number of rotatable bonds is 2. The highest BCUT2D eigenvalue weighted by atomic mass is 16.6. The first kappa shape index (κ1) is 22.9. The van der Waals surface area contributed by atoms with Crippen molar-refractivity contribution in [1.29, 1.82) is 0 Å². The average Bonchev–Trinajstić information content (AvgIpc) is 3.30. The monoisotopic (exact) mass is 468 g/mol. The minimum Gasteiger partial charge on any atom is -0.469 e. The smallest absolute Gasteiger partial charge is 0.417 e. The summed E-state index contributed by atoms with van der Waals surface area (Å²) in [6, 6.07) is 7.19. The Morgan fingerprint density at radius 1 is 1.24 bits per heavy atom. The number of hydrogen-bond acceptors (Lipinski definition) is 6. The van der Waals surface area contributed by atoms with Crippen molar-refractivity contribution in [2.75, 3.05) is 25.2 Å². The number of methoxy groups -OCH3 is 1. The number of esters is 1.